The lowest BCUT2D eigenvalue weighted by Gasteiger charge is -1.97. The molecule has 0 atom stereocenters. The number of hydrogen-bond acceptors (Lipinski definition) is 2. The second-order valence-corrected chi connectivity index (χ2v) is 6.51. The van der Waals surface area contributed by atoms with E-state index in [1.165, 1.54) is 5.56 Å². The fraction of sp³-hybridized carbons (Fsp3) is 0.0909. The maximum atomic E-state index is 4.81. The third-order valence-electron chi connectivity index (χ3n) is 4.68. The minimum atomic E-state index is 0.913. The monoisotopic (exact) mass is 338 g/mol. The standard InChI is InChI=1S/C22H18N4/c1-2-20-21-9-7-18(25-21)12-16-5-3-14(23-16)11-15-4-6-17(24-15)13-19-8-10-22(20)26-19/h3-13,23,26H,2H2,1H3. The fourth-order valence-corrected chi connectivity index (χ4v) is 3.44. The number of fused-ring (bicyclic) bond motifs is 8. The van der Waals surface area contributed by atoms with Gasteiger partial charge in [-0.2, -0.15) is 0 Å². The molecule has 0 aliphatic carbocycles. The summed E-state index contributed by atoms with van der Waals surface area (Å²) in [7, 11) is 0. The van der Waals surface area contributed by atoms with Crippen molar-refractivity contribution in [2.24, 2.45) is 0 Å². The van der Waals surface area contributed by atoms with E-state index in [0.29, 0.717) is 0 Å². The van der Waals surface area contributed by atoms with E-state index in [9.17, 15) is 0 Å². The maximum absolute atomic E-state index is 4.81. The molecule has 0 amide bonds. The molecule has 4 heteroatoms. The highest BCUT2D eigenvalue weighted by Gasteiger charge is 2.06. The highest BCUT2D eigenvalue weighted by Crippen LogP contribution is 2.21. The summed E-state index contributed by atoms with van der Waals surface area (Å²) in [6.07, 6.45) is 9.14. The summed E-state index contributed by atoms with van der Waals surface area (Å²) in [5.74, 6) is 0. The van der Waals surface area contributed by atoms with Gasteiger partial charge in [-0.05, 0) is 73.2 Å². The van der Waals surface area contributed by atoms with Crippen LogP contribution in [-0.2, 0) is 6.42 Å². The summed E-state index contributed by atoms with van der Waals surface area (Å²) in [4.78, 5) is 16.4. The smallest absolute Gasteiger partial charge is 0.0690 e. The first-order valence-corrected chi connectivity index (χ1v) is 8.83. The molecular formula is C22H18N4. The second kappa shape index (κ2) is 5.85. The van der Waals surface area contributed by atoms with Crippen LogP contribution in [0.1, 0.15) is 35.3 Å². The molecule has 5 heterocycles. The van der Waals surface area contributed by atoms with Crippen LogP contribution < -0.4 is 0 Å². The first-order chi connectivity index (χ1) is 12.8. The lowest BCUT2D eigenvalue weighted by atomic mass is 10.1. The van der Waals surface area contributed by atoms with Gasteiger partial charge in [-0.3, -0.25) is 0 Å². The van der Waals surface area contributed by atoms with Crippen LogP contribution in [0.25, 0.3) is 46.4 Å². The summed E-state index contributed by atoms with van der Waals surface area (Å²) in [5, 5.41) is 0. The van der Waals surface area contributed by atoms with Crippen LogP contribution in [0.15, 0.2) is 42.5 Å². The molecule has 8 bridgehead atoms. The number of hydrogen-bond donors (Lipinski definition) is 2. The Morgan fingerprint density at radius 2 is 1.27 bits per heavy atom. The van der Waals surface area contributed by atoms with Crippen molar-refractivity contribution < 1.29 is 0 Å². The minimum absolute atomic E-state index is 0.913. The Kier molecular flexibility index (Phi) is 3.35. The summed E-state index contributed by atoms with van der Waals surface area (Å²) in [6, 6.07) is 14.5. The Bertz CT molecular complexity index is 1220. The van der Waals surface area contributed by atoms with Crippen molar-refractivity contribution in [3.8, 4) is 0 Å². The predicted octanol–water partition coefficient (Wildman–Crippen LogP) is 5.22. The fourth-order valence-electron chi connectivity index (χ4n) is 3.44. The molecule has 0 fully saturated rings. The zero-order chi connectivity index (χ0) is 17.5. The molecule has 3 aromatic rings. The third-order valence-corrected chi connectivity index (χ3v) is 4.68. The average molecular weight is 338 g/mol. The Morgan fingerprint density at radius 3 is 1.96 bits per heavy atom. The Hall–Kier alpha value is -3.40. The molecule has 4 nitrogen and oxygen atoms in total. The van der Waals surface area contributed by atoms with Crippen LogP contribution in [0.2, 0.25) is 0 Å². The van der Waals surface area contributed by atoms with E-state index < -0.39 is 0 Å². The first-order valence-electron chi connectivity index (χ1n) is 8.83. The molecule has 26 heavy (non-hydrogen) atoms. The SMILES string of the molecule is CCc1c2nc(cc3ccc(cc4nc(cc5ccc1[nH]5)C=C4)[nH]3)C=C2. The van der Waals surface area contributed by atoms with Gasteiger partial charge in [0.15, 0.2) is 0 Å². The van der Waals surface area contributed by atoms with Crippen molar-refractivity contribution in [2.45, 2.75) is 13.3 Å². The second-order valence-electron chi connectivity index (χ2n) is 6.51. The number of nitrogens with one attached hydrogen (secondary N) is 2. The molecule has 0 radical (unpaired) electrons. The highest BCUT2D eigenvalue weighted by atomic mass is 14.8. The van der Waals surface area contributed by atoms with Gasteiger partial charge in [-0.15, -0.1) is 0 Å². The molecule has 2 aliphatic rings. The van der Waals surface area contributed by atoms with Gasteiger partial charge in [-0.25, -0.2) is 9.97 Å². The number of aromatic nitrogens is 4. The molecular weight excluding hydrogens is 320 g/mol. The molecule has 3 aromatic heterocycles. The number of H-pyrrole nitrogens is 2. The Balaban J connectivity index is 1.88. The van der Waals surface area contributed by atoms with Gasteiger partial charge in [0.1, 0.15) is 0 Å². The van der Waals surface area contributed by atoms with Gasteiger partial charge in [-0.1, -0.05) is 6.92 Å². The van der Waals surface area contributed by atoms with Crippen molar-refractivity contribution in [1.82, 2.24) is 19.9 Å². The molecule has 0 spiro atoms. The van der Waals surface area contributed by atoms with Crippen molar-refractivity contribution in [1.29, 1.82) is 0 Å². The summed E-state index contributed by atoms with van der Waals surface area (Å²) in [5.41, 5.74) is 9.30. The highest BCUT2D eigenvalue weighted by molar-refractivity contribution is 5.79. The van der Waals surface area contributed by atoms with Gasteiger partial charge in [0, 0.05) is 27.6 Å². The third kappa shape index (κ3) is 2.65. The van der Waals surface area contributed by atoms with Crippen molar-refractivity contribution >= 4 is 46.4 Å². The minimum Gasteiger partial charge on any atom is -0.355 e. The van der Waals surface area contributed by atoms with Crippen LogP contribution in [0.4, 0.5) is 0 Å². The van der Waals surface area contributed by atoms with E-state index in [0.717, 1.165) is 51.3 Å². The van der Waals surface area contributed by atoms with Gasteiger partial charge in [0.05, 0.1) is 22.8 Å². The Labute approximate surface area is 151 Å². The van der Waals surface area contributed by atoms with Crippen LogP contribution in [0.3, 0.4) is 0 Å². The van der Waals surface area contributed by atoms with Gasteiger partial charge < -0.3 is 9.97 Å². The summed E-state index contributed by atoms with van der Waals surface area (Å²) >= 11 is 0. The largest absolute Gasteiger partial charge is 0.355 e. The van der Waals surface area contributed by atoms with E-state index in [-0.39, 0.29) is 0 Å². The molecule has 0 aromatic carbocycles. The molecule has 0 saturated carbocycles. The lowest BCUT2D eigenvalue weighted by Crippen LogP contribution is -1.87. The zero-order valence-corrected chi connectivity index (χ0v) is 14.5. The first kappa shape index (κ1) is 14.9. The van der Waals surface area contributed by atoms with Crippen LogP contribution in [0.5, 0.6) is 0 Å². The summed E-state index contributed by atoms with van der Waals surface area (Å²) < 4.78 is 0. The van der Waals surface area contributed by atoms with Crippen molar-refractivity contribution in [2.75, 3.05) is 0 Å². The molecule has 5 rings (SSSR count). The zero-order valence-electron chi connectivity index (χ0n) is 14.5. The predicted molar refractivity (Wildman–Crippen MR) is 108 cm³/mol. The van der Waals surface area contributed by atoms with Gasteiger partial charge in [0.25, 0.3) is 0 Å². The summed E-state index contributed by atoms with van der Waals surface area (Å²) in [6.45, 7) is 2.16. The van der Waals surface area contributed by atoms with Crippen molar-refractivity contribution in [3.05, 3.63) is 70.8 Å². The number of rotatable bonds is 1. The number of aromatic amines is 2. The van der Waals surface area contributed by atoms with Crippen LogP contribution in [0, 0.1) is 0 Å². The Morgan fingerprint density at radius 1 is 0.692 bits per heavy atom. The van der Waals surface area contributed by atoms with Crippen molar-refractivity contribution in [3.63, 3.8) is 0 Å². The van der Waals surface area contributed by atoms with Gasteiger partial charge >= 0.3 is 0 Å². The average Bonchev–Trinajstić information content (AvgIpc) is 3.39. The van der Waals surface area contributed by atoms with Crippen LogP contribution in [-0.4, -0.2) is 19.9 Å². The number of nitrogens with zero attached hydrogens (tertiary/aromatic N) is 2. The topological polar surface area (TPSA) is 57.4 Å². The van der Waals surface area contributed by atoms with E-state index in [4.69, 9.17) is 4.98 Å². The lowest BCUT2D eigenvalue weighted by molar-refractivity contribution is 1.11. The maximum Gasteiger partial charge on any atom is 0.0690 e. The van der Waals surface area contributed by atoms with Gasteiger partial charge in [0.2, 0.25) is 0 Å². The molecule has 0 unspecified atom stereocenters. The van der Waals surface area contributed by atoms with E-state index >= 15 is 0 Å². The quantitative estimate of drug-likeness (QED) is 0.440. The molecule has 0 saturated heterocycles. The van der Waals surface area contributed by atoms with E-state index in [2.05, 4.69) is 70.4 Å². The molecule has 2 aliphatic heterocycles. The normalized spacial score (nSPS) is 12.7. The number of aryl methyl sites for hydroxylation is 1. The van der Waals surface area contributed by atoms with E-state index in [1.807, 2.05) is 18.2 Å². The van der Waals surface area contributed by atoms with Crippen LogP contribution >= 0.6 is 0 Å². The molecule has 126 valence electrons. The van der Waals surface area contributed by atoms with E-state index in [1.54, 1.807) is 0 Å². The molecule has 2 N–H and O–H groups in total.